The molecular formula is C12H18F2N2. The minimum absolute atomic E-state index is 0.00276. The minimum Gasteiger partial charge on any atom is -0.330 e. The second-order valence-corrected chi connectivity index (χ2v) is 3.98. The Morgan fingerprint density at radius 1 is 1.25 bits per heavy atom. The predicted octanol–water partition coefficient (Wildman–Crippen LogP) is 2.40. The van der Waals surface area contributed by atoms with E-state index in [1.165, 1.54) is 12.1 Å². The zero-order valence-electron chi connectivity index (χ0n) is 9.47. The number of hydrogen-bond donors (Lipinski definition) is 2. The number of unbranched alkanes of at least 4 members (excludes halogenated alkanes) is 1. The van der Waals surface area contributed by atoms with Crippen LogP contribution in [-0.4, -0.2) is 6.54 Å². The van der Waals surface area contributed by atoms with Crippen LogP contribution < -0.4 is 11.5 Å². The SMILES string of the molecule is Cc1ccc(F)c([C@H](N)CCCCN)c1F. The monoisotopic (exact) mass is 228 g/mol. The fourth-order valence-corrected chi connectivity index (χ4v) is 1.67. The first-order valence-corrected chi connectivity index (χ1v) is 5.48. The van der Waals surface area contributed by atoms with Crippen LogP contribution in [0.3, 0.4) is 0 Å². The Balaban J connectivity index is 2.81. The molecule has 0 unspecified atom stereocenters. The zero-order valence-corrected chi connectivity index (χ0v) is 9.47. The maximum atomic E-state index is 13.7. The third-order valence-corrected chi connectivity index (χ3v) is 2.66. The van der Waals surface area contributed by atoms with Gasteiger partial charge in [-0.1, -0.05) is 12.5 Å². The van der Waals surface area contributed by atoms with E-state index in [1.54, 1.807) is 6.92 Å². The molecule has 0 spiro atoms. The lowest BCUT2D eigenvalue weighted by molar-refractivity contribution is 0.497. The molecule has 0 amide bonds. The first-order chi connectivity index (χ1) is 7.57. The quantitative estimate of drug-likeness (QED) is 0.760. The average molecular weight is 228 g/mol. The van der Waals surface area contributed by atoms with Gasteiger partial charge >= 0.3 is 0 Å². The second kappa shape index (κ2) is 5.92. The van der Waals surface area contributed by atoms with Crippen molar-refractivity contribution in [1.29, 1.82) is 0 Å². The smallest absolute Gasteiger partial charge is 0.133 e. The van der Waals surface area contributed by atoms with Crippen molar-refractivity contribution in [3.8, 4) is 0 Å². The molecule has 2 nitrogen and oxygen atoms in total. The number of hydrogen-bond acceptors (Lipinski definition) is 2. The highest BCUT2D eigenvalue weighted by Crippen LogP contribution is 2.24. The van der Waals surface area contributed by atoms with Crippen LogP contribution in [0.25, 0.3) is 0 Å². The van der Waals surface area contributed by atoms with Crippen molar-refractivity contribution >= 4 is 0 Å². The summed E-state index contributed by atoms with van der Waals surface area (Å²) in [5, 5.41) is 0. The average Bonchev–Trinajstić information content (AvgIpc) is 2.24. The molecule has 0 bridgehead atoms. The first kappa shape index (κ1) is 13.1. The summed E-state index contributed by atoms with van der Waals surface area (Å²) in [7, 11) is 0. The van der Waals surface area contributed by atoms with Gasteiger partial charge in [0.15, 0.2) is 0 Å². The Morgan fingerprint density at radius 3 is 2.56 bits per heavy atom. The van der Waals surface area contributed by atoms with E-state index in [0.29, 0.717) is 18.5 Å². The molecule has 1 aromatic rings. The summed E-state index contributed by atoms with van der Waals surface area (Å²) in [6.07, 6.45) is 2.15. The second-order valence-electron chi connectivity index (χ2n) is 3.98. The van der Waals surface area contributed by atoms with Crippen LogP contribution in [0.5, 0.6) is 0 Å². The van der Waals surface area contributed by atoms with Crippen molar-refractivity contribution in [2.45, 2.75) is 32.2 Å². The van der Waals surface area contributed by atoms with Crippen LogP contribution in [0, 0.1) is 18.6 Å². The van der Waals surface area contributed by atoms with E-state index in [0.717, 1.165) is 12.8 Å². The molecule has 1 rings (SSSR count). The van der Waals surface area contributed by atoms with Crippen molar-refractivity contribution in [2.24, 2.45) is 11.5 Å². The molecule has 4 N–H and O–H groups in total. The Labute approximate surface area is 94.6 Å². The molecule has 90 valence electrons. The number of rotatable bonds is 5. The van der Waals surface area contributed by atoms with Gasteiger partial charge in [-0.25, -0.2) is 8.78 Å². The summed E-state index contributed by atoms with van der Waals surface area (Å²) in [4.78, 5) is 0. The van der Waals surface area contributed by atoms with Gasteiger partial charge in [-0.05, 0) is 37.9 Å². The summed E-state index contributed by atoms with van der Waals surface area (Å²) in [6, 6.07) is 2.09. The van der Waals surface area contributed by atoms with Gasteiger partial charge in [-0.2, -0.15) is 0 Å². The molecule has 0 aliphatic carbocycles. The molecule has 4 heteroatoms. The van der Waals surface area contributed by atoms with Crippen molar-refractivity contribution in [2.75, 3.05) is 6.54 Å². The van der Waals surface area contributed by atoms with E-state index in [2.05, 4.69) is 0 Å². The van der Waals surface area contributed by atoms with Crippen molar-refractivity contribution < 1.29 is 8.78 Å². The summed E-state index contributed by atoms with van der Waals surface area (Å²) in [6.45, 7) is 2.18. The van der Waals surface area contributed by atoms with Gasteiger partial charge in [0.25, 0.3) is 0 Å². The van der Waals surface area contributed by atoms with Crippen molar-refractivity contribution in [3.63, 3.8) is 0 Å². The minimum atomic E-state index is -0.591. The predicted molar refractivity (Wildman–Crippen MR) is 60.9 cm³/mol. The standard InChI is InChI=1S/C12H18F2N2/c1-8-5-6-9(13)11(12(8)14)10(16)4-2-3-7-15/h5-6,10H,2-4,7,15-16H2,1H3/t10-/m1/s1. The van der Waals surface area contributed by atoms with Gasteiger partial charge in [0, 0.05) is 11.6 Å². The van der Waals surface area contributed by atoms with Gasteiger partial charge in [0.2, 0.25) is 0 Å². The number of aryl methyl sites for hydroxylation is 1. The lowest BCUT2D eigenvalue weighted by atomic mass is 9.99. The summed E-state index contributed by atoms with van der Waals surface area (Å²) in [5.74, 6) is -1.09. The number of halogens is 2. The third-order valence-electron chi connectivity index (χ3n) is 2.66. The van der Waals surface area contributed by atoms with Gasteiger partial charge in [0.1, 0.15) is 11.6 Å². The number of nitrogens with two attached hydrogens (primary N) is 2. The molecule has 0 saturated carbocycles. The normalized spacial score (nSPS) is 12.8. The Kier molecular flexibility index (Phi) is 4.83. The summed E-state index contributed by atoms with van der Waals surface area (Å²) in [5.41, 5.74) is 11.6. The van der Waals surface area contributed by atoms with Gasteiger partial charge in [-0.15, -0.1) is 0 Å². The zero-order chi connectivity index (χ0) is 12.1. The molecule has 0 fully saturated rings. The van der Waals surface area contributed by atoms with E-state index in [-0.39, 0.29) is 5.56 Å². The van der Waals surface area contributed by atoms with Gasteiger partial charge < -0.3 is 11.5 Å². The van der Waals surface area contributed by atoms with E-state index in [1.807, 2.05) is 0 Å². The molecule has 0 aliphatic rings. The topological polar surface area (TPSA) is 52.0 Å². The van der Waals surface area contributed by atoms with E-state index in [9.17, 15) is 8.78 Å². The fourth-order valence-electron chi connectivity index (χ4n) is 1.67. The first-order valence-electron chi connectivity index (χ1n) is 5.48. The Morgan fingerprint density at radius 2 is 1.94 bits per heavy atom. The molecular weight excluding hydrogens is 210 g/mol. The Hall–Kier alpha value is -1.00. The highest BCUT2D eigenvalue weighted by atomic mass is 19.1. The summed E-state index contributed by atoms with van der Waals surface area (Å²) < 4.78 is 27.1. The maximum absolute atomic E-state index is 13.7. The highest BCUT2D eigenvalue weighted by Gasteiger charge is 2.17. The van der Waals surface area contributed by atoms with Crippen LogP contribution in [0.2, 0.25) is 0 Å². The lowest BCUT2D eigenvalue weighted by Crippen LogP contribution is -2.15. The molecule has 0 radical (unpaired) electrons. The largest absolute Gasteiger partial charge is 0.330 e. The van der Waals surface area contributed by atoms with Crippen LogP contribution in [0.4, 0.5) is 8.78 Å². The maximum Gasteiger partial charge on any atom is 0.133 e. The molecule has 0 saturated heterocycles. The Bertz CT molecular complexity index is 353. The van der Waals surface area contributed by atoms with Crippen LogP contribution in [0.15, 0.2) is 12.1 Å². The fraction of sp³-hybridized carbons (Fsp3) is 0.500. The van der Waals surface area contributed by atoms with Gasteiger partial charge in [0.05, 0.1) is 0 Å². The molecule has 1 aromatic carbocycles. The van der Waals surface area contributed by atoms with Crippen LogP contribution in [-0.2, 0) is 0 Å². The van der Waals surface area contributed by atoms with Crippen molar-refractivity contribution in [3.05, 3.63) is 34.9 Å². The van der Waals surface area contributed by atoms with Crippen LogP contribution in [0.1, 0.15) is 36.4 Å². The molecule has 1 atom stereocenters. The third kappa shape index (κ3) is 3.00. The van der Waals surface area contributed by atoms with Crippen molar-refractivity contribution in [1.82, 2.24) is 0 Å². The van der Waals surface area contributed by atoms with E-state index < -0.39 is 17.7 Å². The number of benzene rings is 1. The lowest BCUT2D eigenvalue weighted by Gasteiger charge is -2.14. The summed E-state index contributed by atoms with van der Waals surface area (Å²) >= 11 is 0. The highest BCUT2D eigenvalue weighted by molar-refractivity contribution is 5.28. The molecule has 0 heterocycles. The molecule has 0 aliphatic heterocycles. The van der Waals surface area contributed by atoms with E-state index >= 15 is 0 Å². The molecule has 16 heavy (non-hydrogen) atoms. The molecule has 0 aromatic heterocycles. The van der Waals surface area contributed by atoms with Crippen LogP contribution >= 0.6 is 0 Å². The van der Waals surface area contributed by atoms with Gasteiger partial charge in [-0.3, -0.25) is 0 Å². The van der Waals surface area contributed by atoms with E-state index in [4.69, 9.17) is 11.5 Å².